The number of nitrogens with zero attached hydrogens (tertiary/aromatic N) is 1. The summed E-state index contributed by atoms with van der Waals surface area (Å²) < 4.78 is 5.32. The first-order valence-electron chi connectivity index (χ1n) is 6.86. The molecule has 2 aliphatic heterocycles. The Bertz CT molecular complexity index is 462. The van der Waals surface area contributed by atoms with E-state index in [-0.39, 0.29) is 11.9 Å². The Kier molecular flexibility index (Phi) is 2.98. The highest BCUT2D eigenvalue weighted by Crippen LogP contribution is 2.37. The summed E-state index contributed by atoms with van der Waals surface area (Å²) in [5.41, 5.74) is 2.22. The second-order valence-corrected chi connectivity index (χ2v) is 5.27. The third kappa shape index (κ3) is 1.98. The van der Waals surface area contributed by atoms with E-state index >= 15 is 0 Å². The first-order valence-corrected chi connectivity index (χ1v) is 6.86. The molecular weight excluding hydrogens is 226 g/mol. The predicted molar refractivity (Wildman–Crippen MR) is 71.2 cm³/mol. The van der Waals surface area contributed by atoms with Crippen molar-refractivity contribution < 1.29 is 9.53 Å². The van der Waals surface area contributed by atoms with Crippen LogP contribution in [-0.2, 0) is 4.79 Å². The summed E-state index contributed by atoms with van der Waals surface area (Å²) in [7, 11) is 0. The van der Waals surface area contributed by atoms with Crippen molar-refractivity contribution in [2.75, 3.05) is 18.0 Å². The van der Waals surface area contributed by atoms with E-state index in [2.05, 4.69) is 11.0 Å². The molecule has 1 aromatic carbocycles. The predicted octanol–water partition coefficient (Wildman–Crippen LogP) is 3.09. The van der Waals surface area contributed by atoms with Crippen LogP contribution >= 0.6 is 0 Å². The van der Waals surface area contributed by atoms with Gasteiger partial charge in [-0.05, 0) is 25.8 Å². The third-order valence-electron chi connectivity index (χ3n) is 4.00. The lowest BCUT2D eigenvalue weighted by atomic mass is 10.0. The van der Waals surface area contributed by atoms with Gasteiger partial charge in [-0.15, -0.1) is 0 Å². The van der Waals surface area contributed by atoms with Gasteiger partial charge in [0.15, 0.2) is 0 Å². The Labute approximate surface area is 108 Å². The maximum absolute atomic E-state index is 11.5. The number of rotatable bonds is 1. The molecule has 0 N–H and O–H groups in total. The maximum Gasteiger partial charge on any atom is 0.318 e. The normalized spacial score (nSPS) is 23.5. The number of carbonyl (C=O) groups excluding carboxylic acids is 1. The van der Waals surface area contributed by atoms with Gasteiger partial charge < -0.3 is 9.64 Å². The van der Waals surface area contributed by atoms with Gasteiger partial charge >= 0.3 is 5.97 Å². The molecule has 0 saturated carbocycles. The van der Waals surface area contributed by atoms with Gasteiger partial charge in [-0.1, -0.05) is 18.9 Å². The molecular formula is C15H19NO2. The average Bonchev–Trinajstić information content (AvgIpc) is 2.61. The van der Waals surface area contributed by atoms with Crippen LogP contribution in [0.15, 0.2) is 18.2 Å². The lowest BCUT2D eigenvalue weighted by molar-refractivity contribution is -0.133. The molecule has 0 radical (unpaired) electrons. The first kappa shape index (κ1) is 11.6. The number of hydrogen-bond acceptors (Lipinski definition) is 3. The summed E-state index contributed by atoms with van der Waals surface area (Å²) in [6.45, 7) is 4.13. The van der Waals surface area contributed by atoms with Gasteiger partial charge in [0.1, 0.15) is 5.75 Å². The largest absolute Gasteiger partial charge is 0.426 e. The standard InChI is InChI=1S/C15H19NO2/c1-11-13-7-6-12(10-14(13)18-15(11)17)16-8-4-2-3-5-9-16/h6-7,10-11H,2-5,8-9H2,1H3. The molecule has 3 nitrogen and oxygen atoms in total. The molecule has 0 aliphatic carbocycles. The highest BCUT2D eigenvalue weighted by Gasteiger charge is 2.29. The van der Waals surface area contributed by atoms with Gasteiger partial charge in [-0.25, -0.2) is 0 Å². The quantitative estimate of drug-likeness (QED) is 0.562. The van der Waals surface area contributed by atoms with Gasteiger partial charge in [0.05, 0.1) is 5.92 Å². The van der Waals surface area contributed by atoms with Crippen LogP contribution in [0.1, 0.15) is 44.1 Å². The number of benzene rings is 1. The monoisotopic (exact) mass is 245 g/mol. The molecule has 0 amide bonds. The topological polar surface area (TPSA) is 29.5 Å². The average molecular weight is 245 g/mol. The van der Waals surface area contributed by atoms with Crippen LogP contribution in [0, 0.1) is 0 Å². The fraction of sp³-hybridized carbons (Fsp3) is 0.533. The molecule has 3 heteroatoms. The smallest absolute Gasteiger partial charge is 0.318 e. The number of fused-ring (bicyclic) bond motifs is 1. The van der Waals surface area contributed by atoms with E-state index in [0.717, 1.165) is 24.4 Å². The number of ether oxygens (including phenoxy) is 1. The molecule has 1 aromatic rings. The minimum absolute atomic E-state index is 0.113. The van der Waals surface area contributed by atoms with Crippen molar-refractivity contribution in [1.82, 2.24) is 0 Å². The van der Waals surface area contributed by atoms with Crippen molar-refractivity contribution in [2.45, 2.75) is 38.5 Å². The van der Waals surface area contributed by atoms with Crippen LogP contribution in [0.25, 0.3) is 0 Å². The molecule has 18 heavy (non-hydrogen) atoms. The Balaban J connectivity index is 1.86. The van der Waals surface area contributed by atoms with Crippen molar-refractivity contribution in [2.24, 2.45) is 0 Å². The van der Waals surface area contributed by atoms with Crippen molar-refractivity contribution in [1.29, 1.82) is 0 Å². The van der Waals surface area contributed by atoms with E-state index in [1.54, 1.807) is 0 Å². The molecule has 1 atom stereocenters. The van der Waals surface area contributed by atoms with Crippen molar-refractivity contribution >= 4 is 11.7 Å². The lowest BCUT2D eigenvalue weighted by Gasteiger charge is -2.23. The molecule has 1 fully saturated rings. The van der Waals surface area contributed by atoms with Gasteiger partial charge in [-0.3, -0.25) is 4.79 Å². The minimum Gasteiger partial charge on any atom is -0.426 e. The minimum atomic E-state index is -0.127. The van der Waals surface area contributed by atoms with Crippen LogP contribution in [0.2, 0.25) is 0 Å². The van der Waals surface area contributed by atoms with Crippen molar-refractivity contribution in [3.8, 4) is 5.75 Å². The highest BCUT2D eigenvalue weighted by atomic mass is 16.5. The van der Waals surface area contributed by atoms with E-state index in [1.165, 1.54) is 31.4 Å². The van der Waals surface area contributed by atoms with E-state index < -0.39 is 0 Å². The summed E-state index contributed by atoms with van der Waals surface area (Å²) >= 11 is 0. The van der Waals surface area contributed by atoms with Gasteiger partial charge in [0, 0.05) is 30.4 Å². The lowest BCUT2D eigenvalue weighted by Crippen LogP contribution is -2.23. The Morgan fingerprint density at radius 3 is 2.61 bits per heavy atom. The zero-order valence-corrected chi connectivity index (χ0v) is 10.8. The van der Waals surface area contributed by atoms with Crippen molar-refractivity contribution in [3.05, 3.63) is 23.8 Å². The van der Waals surface area contributed by atoms with E-state index in [1.807, 2.05) is 19.1 Å². The number of anilines is 1. The molecule has 2 aliphatic rings. The number of carbonyl (C=O) groups is 1. The summed E-state index contributed by atoms with van der Waals surface area (Å²) in [6, 6.07) is 6.20. The molecule has 0 spiro atoms. The number of esters is 1. The van der Waals surface area contributed by atoms with Crippen molar-refractivity contribution in [3.63, 3.8) is 0 Å². The molecule has 96 valence electrons. The first-order chi connectivity index (χ1) is 8.75. The highest BCUT2D eigenvalue weighted by molar-refractivity contribution is 5.86. The third-order valence-corrected chi connectivity index (χ3v) is 4.00. The number of hydrogen-bond donors (Lipinski definition) is 0. The molecule has 0 aromatic heterocycles. The van der Waals surface area contributed by atoms with Gasteiger partial charge in [0.2, 0.25) is 0 Å². The van der Waals surface area contributed by atoms with E-state index in [9.17, 15) is 4.79 Å². The molecule has 2 heterocycles. The van der Waals surface area contributed by atoms with E-state index in [4.69, 9.17) is 4.74 Å². The van der Waals surface area contributed by atoms with E-state index in [0.29, 0.717) is 0 Å². The Morgan fingerprint density at radius 1 is 1.17 bits per heavy atom. The summed E-state index contributed by atoms with van der Waals surface area (Å²) in [6.07, 6.45) is 5.17. The van der Waals surface area contributed by atoms with Crippen LogP contribution in [0.5, 0.6) is 5.75 Å². The van der Waals surface area contributed by atoms with Crippen LogP contribution in [-0.4, -0.2) is 19.1 Å². The summed E-state index contributed by atoms with van der Waals surface area (Å²) in [4.78, 5) is 13.9. The molecule has 1 saturated heterocycles. The second-order valence-electron chi connectivity index (χ2n) is 5.27. The second kappa shape index (κ2) is 4.63. The molecule has 1 unspecified atom stereocenters. The van der Waals surface area contributed by atoms with Crippen LogP contribution in [0.3, 0.4) is 0 Å². The Hall–Kier alpha value is -1.51. The maximum atomic E-state index is 11.5. The van der Waals surface area contributed by atoms with Crippen LogP contribution in [0.4, 0.5) is 5.69 Å². The molecule has 0 bridgehead atoms. The summed E-state index contributed by atoms with van der Waals surface area (Å²) in [5.74, 6) is 0.519. The zero-order valence-electron chi connectivity index (χ0n) is 10.8. The van der Waals surface area contributed by atoms with Crippen LogP contribution < -0.4 is 9.64 Å². The SMILES string of the molecule is CC1C(=O)Oc2cc(N3CCCCCC3)ccc21. The van der Waals surface area contributed by atoms with Gasteiger partial charge in [0.25, 0.3) is 0 Å². The summed E-state index contributed by atoms with van der Waals surface area (Å²) in [5, 5.41) is 0. The molecule has 3 rings (SSSR count). The fourth-order valence-corrected chi connectivity index (χ4v) is 2.82. The fourth-order valence-electron chi connectivity index (χ4n) is 2.82. The van der Waals surface area contributed by atoms with Gasteiger partial charge in [-0.2, -0.15) is 0 Å². The zero-order chi connectivity index (χ0) is 12.5. The Morgan fingerprint density at radius 2 is 1.89 bits per heavy atom.